The van der Waals surface area contributed by atoms with Gasteiger partial charge in [-0.3, -0.25) is 9.69 Å². The number of hydrogen-bond donors (Lipinski definition) is 0. The molecule has 0 N–H and O–H groups in total. The number of benzene rings is 1. The second-order valence-electron chi connectivity index (χ2n) is 5.33. The van der Waals surface area contributed by atoms with E-state index in [1.54, 1.807) is 4.90 Å². The molecule has 2 aromatic rings. The van der Waals surface area contributed by atoms with Crippen molar-refractivity contribution in [2.45, 2.75) is 13.8 Å². The maximum atomic E-state index is 12.7. The summed E-state index contributed by atoms with van der Waals surface area (Å²) >= 11 is 6.75. The van der Waals surface area contributed by atoms with E-state index in [0.717, 1.165) is 16.9 Å². The Bertz CT molecular complexity index is 805. The van der Waals surface area contributed by atoms with Crippen LogP contribution in [-0.4, -0.2) is 14.8 Å². The first kappa shape index (κ1) is 15.1. The van der Waals surface area contributed by atoms with E-state index in [4.69, 9.17) is 12.2 Å². The van der Waals surface area contributed by atoms with Crippen LogP contribution in [0.15, 0.2) is 41.4 Å². The molecule has 1 aliphatic rings. The minimum Gasteiger partial charge on any atom is -0.351 e. The highest BCUT2D eigenvalue weighted by Gasteiger charge is 2.33. The van der Waals surface area contributed by atoms with Gasteiger partial charge >= 0.3 is 0 Å². The first-order valence-electron chi connectivity index (χ1n) is 6.94. The third kappa shape index (κ3) is 2.62. The van der Waals surface area contributed by atoms with Crippen LogP contribution < -0.4 is 4.90 Å². The summed E-state index contributed by atoms with van der Waals surface area (Å²) in [5, 5.41) is 0. The van der Waals surface area contributed by atoms with E-state index in [2.05, 4.69) is 6.92 Å². The van der Waals surface area contributed by atoms with E-state index in [1.165, 1.54) is 17.3 Å². The van der Waals surface area contributed by atoms with Gasteiger partial charge in [0.2, 0.25) is 0 Å². The molecule has 3 nitrogen and oxygen atoms in total. The highest BCUT2D eigenvalue weighted by molar-refractivity contribution is 8.27. The molecule has 1 aliphatic heterocycles. The summed E-state index contributed by atoms with van der Waals surface area (Å²) < 4.78 is 2.55. The molecule has 1 aromatic carbocycles. The monoisotopic (exact) mass is 328 g/mol. The van der Waals surface area contributed by atoms with Crippen LogP contribution in [0.4, 0.5) is 5.69 Å². The van der Waals surface area contributed by atoms with Crippen LogP contribution in [0.25, 0.3) is 6.08 Å². The number of carbonyl (C=O) groups excluding carboxylic acids is 1. The van der Waals surface area contributed by atoms with E-state index >= 15 is 0 Å². The summed E-state index contributed by atoms with van der Waals surface area (Å²) in [5.41, 5.74) is 4.17. The summed E-state index contributed by atoms with van der Waals surface area (Å²) in [6.45, 7) is 4.09. The van der Waals surface area contributed by atoms with Crippen molar-refractivity contribution in [3.05, 3.63) is 58.3 Å². The van der Waals surface area contributed by atoms with Gasteiger partial charge in [0.05, 0.1) is 10.6 Å². The van der Waals surface area contributed by atoms with Gasteiger partial charge in [0.25, 0.3) is 5.91 Å². The number of hydrogen-bond acceptors (Lipinski definition) is 3. The Balaban J connectivity index is 1.96. The molecule has 0 spiro atoms. The van der Waals surface area contributed by atoms with Gasteiger partial charge in [0.1, 0.15) is 0 Å². The maximum Gasteiger partial charge on any atom is 0.270 e. The van der Waals surface area contributed by atoms with Crippen LogP contribution in [0.5, 0.6) is 0 Å². The Morgan fingerprint density at radius 3 is 2.59 bits per heavy atom. The van der Waals surface area contributed by atoms with Crippen LogP contribution in [0, 0.1) is 13.8 Å². The highest BCUT2D eigenvalue weighted by Crippen LogP contribution is 2.36. The minimum absolute atomic E-state index is 0.0561. The fourth-order valence-electron chi connectivity index (χ4n) is 2.31. The van der Waals surface area contributed by atoms with Gasteiger partial charge in [-0.1, -0.05) is 30.0 Å². The third-order valence-electron chi connectivity index (χ3n) is 3.81. The molecule has 1 amide bonds. The lowest BCUT2D eigenvalue weighted by atomic mass is 10.1. The van der Waals surface area contributed by atoms with Gasteiger partial charge in [-0.25, -0.2) is 0 Å². The van der Waals surface area contributed by atoms with Crippen molar-refractivity contribution in [1.82, 2.24) is 4.57 Å². The number of amides is 1. The quantitative estimate of drug-likeness (QED) is 0.614. The number of thiocarbonyl (C=S) groups is 1. The Morgan fingerprint density at radius 1 is 1.18 bits per heavy atom. The smallest absolute Gasteiger partial charge is 0.270 e. The molecule has 0 radical (unpaired) electrons. The molecule has 0 aliphatic carbocycles. The van der Waals surface area contributed by atoms with Gasteiger partial charge in [-0.05, 0) is 55.3 Å². The summed E-state index contributed by atoms with van der Waals surface area (Å²) in [6, 6.07) is 9.90. The van der Waals surface area contributed by atoms with Crippen LogP contribution in [0.3, 0.4) is 0 Å². The van der Waals surface area contributed by atoms with Crippen molar-refractivity contribution < 1.29 is 4.79 Å². The third-order valence-corrected chi connectivity index (χ3v) is 5.11. The van der Waals surface area contributed by atoms with Gasteiger partial charge in [-0.15, -0.1) is 0 Å². The average Bonchev–Trinajstić information content (AvgIpc) is 2.99. The van der Waals surface area contributed by atoms with Crippen LogP contribution in [0.2, 0.25) is 0 Å². The van der Waals surface area contributed by atoms with E-state index in [9.17, 15) is 4.79 Å². The number of thioether (sulfide) groups is 1. The molecule has 1 aromatic heterocycles. The lowest BCUT2D eigenvalue weighted by Crippen LogP contribution is -2.27. The van der Waals surface area contributed by atoms with Gasteiger partial charge < -0.3 is 4.57 Å². The van der Waals surface area contributed by atoms with Crippen molar-refractivity contribution in [2.24, 2.45) is 7.05 Å². The molecular weight excluding hydrogens is 312 g/mol. The Labute approximate surface area is 139 Å². The van der Waals surface area contributed by atoms with Crippen molar-refractivity contribution >= 4 is 46.0 Å². The minimum atomic E-state index is -0.0561. The molecule has 5 heteroatoms. The number of anilines is 1. The molecule has 22 heavy (non-hydrogen) atoms. The van der Waals surface area contributed by atoms with Gasteiger partial charge in [-0.2, -0.15) is 0 Å². The molecule has 1 saturated heterocycles. The van der Waals surface area contributed by atoms with Gasteiger partial charge in [0.15, 0.2) is 4.32 Å². The second kappa shape index (κ2) is 5.74. The summed E-state index contributed by atoms with van der Waals surface area (Å²) in [4.78, 5) is 15.0. The number of aryl methyl sites for hydroxylation is 3. The van der Waals surface area contributed by atoms with Crippen molar-refractivity contribution in [3.63, 3.8) is 0 Å². The molecule has 0 unspecified atom stereocenters. The molecule has 2 heterocycles. The van der Waals surface area contributed by atoms with Gasteiger partial charge in [0, 0.05) is 18.9 Å². The van der Waals surface area contributed by atoms with E-state index < -0.39 is 0 Å². The molecule has 0 atom stereocenters. The topological polar surface area (TPSA) is 25.2 Å². The second-order valence-corrected chi connectivity index (χ2v) is 7.01. The Hall–Kier alpha value is -1.85. The fourth-order valence-corrected chi connectivity index (χ4v) is 3.60. The summed E-state index contributed by atoms with van der Waals surface area (Å²) in [6.07, 6.45) is 3.84. The summed E-state index contributed by atoms with van der Waals surface area (Å²) in [5.74, 6) is -0.0561. The first-order chi connectivity index (χ1) is 10.5. The Morgan fingerprint density at radius 2 is 1.95 bits per heavy atom. The number of carbonyl (C=O) groups is 1. The van der Waals surface area contributed by atoms with Crippen molar-refractivity contribution in [1.29, 1.82) is 0 Å². The van der Waals surface area contributed by atoms with Crippen LogP contribution >= 0.6 is 24.0 Å². The fraction of sp³-hybridized carbons (Fsp3) is 0.176. The molecule has 112 valence electrons. The lowest BCUT2D eigenvalue weighted by Gasteiger charge is -2.15. The zero-order chi connectivity index (χ0) is 15.9. The summed E-state index contributed by atoms with van der Waals surface area (Å²) in [7, 11) is 1.95. The molecule has 0 saturated carbocycles. The standard InChI is InChI=1S/C17H16N2OS2/c1-11-6-7-14(9-12(11)2)19-16(20)15(22-17(19)21)10-13-5-4-8-18(13)3/h4-10H,1-3H3/b15-10+. The number of rotatable bonds is 2. The molecular formula is C17H16N2OS2. The number of aromatic nitrogens is 1. The van der Waals surface area contributed by atoms with E-state index in [1.807, 2.05) is 61.1 Å². The zero-order valence-corrected chi connectivity index (χ0v) is 14.3. The van der Waals surface area contributed by atoms with E-state index in [-0.39, 0.29) is 5.91 Å². The largest absolute Gasteiger partial charge is 0.351 e. The number of nitrogens with zero attached hydrogens (tertiary/aromatic N) is 2. The zero-order valence-electron chi connectivity index (χ0n) is 12.7. The normalized spacial score (nSPS) is 16.9. The lowest BCUT2D eigenvalue weighted by molar-refractivity contribution is -0.113. The molecule has 1 fully saturated rings. The van der Waals surface area contributed by atoms with Crippen LogP contribution in [0.1, 0.15) is 16.8 Å². The molecule has 3 rings (SSSR count). The predicted molar refractivity (Wildman–Crippen MR) is 97.0 cm³/mol. The molecule has 0 bridgehead atoms. The first-order valence-corrected chi connectivity index (χ1v) is 8.16. The van der Waals surface area contributed by atoms with Crippen molar-refractivity contribution in [2.75, 3.05) is 4.90 Å². The van der Waals surface area contributed by atoms with Crippen molar-refractivity contribution in [3.8, 4) is 0 Å². The predicted octanol–water partition coefficient (Wildman–Crippen LogP) is 4.05. The maximum absolute atomic E-state index is 12.7. The SMILES string of the molecule is Cc1ccc(N2C(=O)/C(=C\c3cccn3C)SC2=S)cc1C. The van der Waals surface area contributed by atoms with E-state index in [0.29, 0.717) is 9.23 Å². The van der Waals surface area contributed by atoms with Crippen LogP contribution in [-0.2, 0) is 11.8 Å². The Kier molecular flexibility index (Phi) is 3.93. The highest BCUT2D eigenvalue weighted by atomic mass is 32.2. The average molecular weight is 328 g/mol.